The number of fused-ring (bicyclic) bond motifs is 8. The van der Waals surface area contributed by atoms with Crippen LogP contribution in [-0.2, 0) is 49.5 Å². The van der Waals surface area contributed by atoms with Crippen LogP contribution in [-0.4, -0.2) is 114 Å². The molecule has 0 amide bonds. The van der Waals surface area contributed by atoms with Gasteiger partial charge in [-0.1, -0.05) is 66.3 Å². The molecule has 10 aromatic rings. The first-order valence-corrected chi connectivity index (χ1v) is 35.2. The summed E-state index contributed by atoms with van der Waals surface area (Å²) in [5, 5.41) is 52.6. The SMILES string of the molecule is CCOC(=O)CCNc1cccc(F)c1N.CCOC(=O)CCNc1cccc(F)c1[N+](=O)[O-].Cc1nnc2n1-c1c(F)cccc1N(c1ccc(Cl)cc1)CC2.Cc1nnc2n1-c1c(F)cccc1NCC2.Fc1cccc2c1CC(=S)CCN2.O=C1CCNc2cccc(F)c2C1.O=[N+]([O-])c1c(F)cccc1F. The number of ether oxygens (including phenoxy) is 2. The number of Topliss-reactive ketones (excluding diaryl/α,β-unsaturated/α-hetero) is 1. The molecule has 0 atom stereocenters. The fourth-order valence-electron chi connectivity index (χ4n) is 11.4. The van der Waals surface area contributed by atoms with Gasteiger partial charge in [-0.25, -0.2) is 22.0 Å². The number of ketones is 1. The second-order valence-electron chi connectivity index (χ2n) is 24.0. The molecule has 14 rings (SSSR count). The molecule has 4 aliphatic rings. The summed E-state index contributed by atoms with van der Waals surface area (Å²) in [6.07, 6.45) is 3.84. The van der Waals surface area contributed by atoms with Crippen LogP contribution in [0.25, 0.3) is 11.4 Å². The standard InChI is InChI=1S/C17H14ClFN4.C11H11FN4.C11H13FN2O4.C11H15FN2O2.C10H10FNO.C10H10FNS.C6H3F2NO2/c1-11-20-21-16-9-10-22(13-7-5-12(18)6-8-13)15-4-2-3-14(19)17(15)23(11)16;1-7-14-15-10-5-6-13-9-4-2-3-8(12)11(9)16(7)10;1-2-18-10(15)6-7-13-9-5-3-4-8(12)11(9)14(16)17;1-2-16-10(15)6-7-14-9-5-3-4-8(12)11(9)13;2*11-9-2-1-3-10-8(9)6-7(13)4-5-12-10;7-4-2-1-3-5(8)6(4)9(10)11/h2-8H,9-10H2,1H3;2-4,13H,5-6H2,1H3;3-5,13H,2,6-7H2,1H3;3-5,14H,2,6-7,13H2,1H3;2*1-3,12H,4-6H2;1-3H. The van der Waals surface area contributed by atoms with Gasteiger partial charge in [-0.15, -0.1) is 20.4 Å². The van der Waals surface area contributed by atoms with E-state index in [0.717, 1.165) is 95.1 Å². The fourth-order valence-corrected chi connectivity index (χ4v) is 11.8. The molecule has 34 heteroatoms. The number of nitro benzene ring substituents is 2. The van der Waals surface area contributed by atoms with Crippen molar-refractivity contribution in [3.05, 3.63) is 258 Å². The molecule has 6 heterocycles. The molecule has 0 spiro atoms. The molecule has 0 aliphatic carbocycles. The van der Waals surface area contributed by atoms with Crippen LogP contribution in [0.4, 0.5) is 92.0 Å². The van der Waals surface area contributed by atoms with Crippen LogP contribution in [0.1, 0.15) is 74.0 Å². The summed E-state index contributed by atoms with van der Waals surface area (Å²) in [4.78, 5) is 55.0. The summed E-state index contributed by atoms with van der Waals surface area (Å²) >= 11 is 11.1. The maximum absolute atomic E-state index is 14.6. The van der Waals surface area contributed by atoms with Crippen molar-refractivity contribution >= 4 is 103 Å². The second-order valence-corrected chi connectivity index (χ2v) is 25.0. The number of hydrogen-bond donors (Lipinski definition) is 6. The van der Waals surface area contributed by atoms with Gasteiger partial charge < -0.3 is 46.7 Å². The highest BCUT2D eigenvalue weighted by Crippen LogP contribution is 2.37. The maximum atomic E-state index is 14.6. The van der Waals surface area contributed by atoms with Crippen LogP contribution < -0.4 is 37.2 Å². The number of para-hydroxylation sites is 5. The number of anilines is 8. The Morgan fingerprint density at radius 3 is 1.54 bits per heavy atom. The number of carbonyl (C=O) groups excluding carboxylic acids is 3. The van der Waals surface area contributed by atoms with Gasteiger partial charge in [0.2, 0.25) is 17.5 Å². The smallest absolute Gasteiger partial charge is 0.340 e. The minimum absolute atomic E-state index is 0.0456. The van der Waals surface area contributed by atoms with E-state index in [1.54, 1.807) is 65.4 Å². The van der Waals surface area contributed by atoms with Crippen LogP contribution >= 0.6 is 23.8 Å². The number of rotatable bonds is 13. The van der Waals surface area contributed by atoms with Crippen LogP contribution in [0.2, 0.25) is 5.02 Å². The molecular formula is C76H76ClF8N15O9S. The summed E-state index contributed by atoms with van der Waals surface area (Å²) in [6, 6.07) is 38.6. The van der Waals surface area contributed by atoms with E-state index in [2.05, 4.69) is 51.9 Å². The van der Waals surface area contributed by atoms with E-state index in [9.17, 15) is 69.7 Å². The highest BCUT2D eigenvalue weighted by atomic mass is 35.5. The predicted molar refractivity (Wildman–Crippen MR) is 407 cm³/mol. The van der Waals surface area contributed by atoms with Crippen LogP contribution in [0, 0.1) is 80.6 Å². The normalized spacial score (nSPS) is 12.6. The van der Waals surface area contributed by atoms with E-state index >= 15 is 0 Å². The fraction of sp³-hybridized carbons (Fsp3) is 0.263. The van der Waals surface area contributed by atoms with Crippen molar-refractivity contribution < 1.29 is 68.8 Å². The van der Waals surface area contributed by atoms with Gasteiger partial charge in [0.25, 0.3) is 0 Å². The lowest BCUT2D eigenvalue weighted by molar-refractivity contribution is -0.390. The number of esters is 2. The zero-order valence-corrected chi connectivity index (χ0v) is 61.4. The molecular weight excluding hydrogens is 1490 g/mol. The van der Waals surface area contributed by atoms with Crippen molar-refractivity contribution in [3.63, 3.8) is 0 Å². The van der Waals surface area contributed by atoms with Crippen molar-refractivity contribution in [2.75, 3.05) is 89.7 Å². The highest BCUT2D eigenvalue weighted by molar-refractivity contribution is 7.80. The number of nitrogens with one attached hydrogen (secondary N) is 5. The number of carbonyl (C=O) groups is 3. The molecule has 0 bridgehead atoms. The number of aryl methyl sites for hydroxylation is 2. The number of nitrogens with two attached hydrogens (primary N) is 1. The first-order valence-electron chi connectivity index (χ1n) is 34.4. The molecule has 4 aliphatic heterocycles. The third-order valence-corrected chi connectivity index (χ3v) is 17.1. The molecule has 2 aromatic heterocycles. The lowest BCUT2D eigenvalue weighted by Gasteiger charge is -2.25. The molecule has 578 valence electrons. The Labute approximate surface area is 636 Å². The Morgan fingerprint density at radius 2 is 0.973 bits per heavy atom. The average Bonchev–Trinajstić information content (AvgIpc) is 1.53. The Morgan fingerprint density at radius 1 is 0.536 bits per heavy atom. The van der Waals surface area contributed by atoms with Gasteiger partial charge in [0.1, 0.15) is 75.2 Å². The lowest BCUT2D eigenvalue weighted by Crippen LogP contribution is -2.19. The van der Waals surface area contributed by atoms with Gasteiger partial charge in [0.05, 0.1) is 58.7 Å². The minimum Gasteiger partial charge on any atom is -0.466 e. The lowest BCUT2D eigenvalue weighted by atomic mass is 10.1. The maximum Gasteiger partial charge on any atom is 0.340 e. The monoisotopic (exact) mass is 1560 g/mol. The van der Waals surface area contributed by atoms with Gasteiger partial charge in [0.15, 0.2) is 0 Å². The molecule has 0 saturated carbocycles. The molecule has 0 radical (unpaired) electrons. The van der Waals surface area contributed by atoms with E-state index in [1.165, 1.54) is 42.5 Å². The van der Waals surface area contributed by atoms with Crippen molar-refractivity contribution in [2.45, 2.75) is 79.1 Å². The van der Waals surface area contributed by atoms with Crippen molar-refractivity contribution in [3.8, 4) is 11.4 Å². The van der Waals surface area contributed by atoms with Crippen molar-refractivity contribution in [1.29, 1.82) is 0 Å². The third kappa shape index (κ3) is 22.7. The molecule has 110 heavy (non-hydrogen) atoms. The van der Waals surface area contributed by atoms with Crippen molar-refractivity contribution in [2.24, 2.45) is 0 Å². The van der Waals surface area contributed by atoms with Gasteiger partial charge in [-0.3, -0.25) is 43.7 Å². The van der Waals surface area contributed by atoms with E-state index in [-0.39, 0.29) is 78.8 Å². The molecule has 8 aromatic carbocycles. The second kappa shape index (κ2) is 40.7. The van der Waals surface area contributed by atoms with E-state index < -0.39 is 50.5 Å². The van der Waals surface area contributed by atoms with Crippen LogP contribution in [0.15, 0.2) is 152 Å². The number of nitrogen functional groups attached to an aromatic ring is 1. The minimum atomic E-state index is -1.16. The molecule has 0 saturated heterocycles. The zero-order valence-electron chi connectivity index (χ0n) is 59.8. The van der Waals surface area contributed by atoms with E-state index in [0.29, 0.717) is 90.4 Å². The Hall–Kier alpha value is -12.1. The summed E-state index contributed by atoms with van der Waals surface area (Å²) in [6.45, 7) is 11.1. The first kappa shape index (κ1) is 83.5. The summed E-state index contributed by atoms with van der Waals surface area (Å²) in [7, 11) is 0. The zero-order chi connectivity index (χ0) is 79.6. The summed E-state index contributed by atoms with van der Waals surface area (Å²) < 4.78 is 119. The molecule has 7 N–H and O–H groups in total. The third-order valence-electron chi connectivity index (χ3n) is 16.5. The first-order chi connectivity index (χ1) is 52.8. The Balaban J connectivity index is 0.000000163. The van der Waals surface area contributed by atoms with E-state index in [4.69, 9.17) is 39.0 Å². The van der Waals surface area contributed by atoms with Crippen LogP contribution in [0.3, 0.4) is 0 Å². The molecule has 24 nitrogen and oxygen atoms in total. The number of halogens is 9. The topological polar surface area (TPSA) is 307 Å². The molecule has 0 fully saturated rings. The summed E-state index contributed by atoms with van der Waals surface area (Å²) in [5.41, 5.74) is 10.8. The van der Waals surface area contributed by atoms with Gasteiger partial charge >= 0.3 is 23.3 Å². The number of thiocarbonyl (C=S) groups is 1. The molecule has 0 unspecified atom stereocenters. The average molecular weight is 1560 g/mol. The van der Waals surface area contributed by atoms with Crippen molar-refractivity contribution in [1.82, 2.24) is 29.5 Å². The number of aromatic nitrogens is 6. The van der Waals surface area contributed by atoms with Gasteiger partial charge in [0, 0.05) is 105 Å². The van der Waals surface area contributed by atoms with Gasteiger partial charge in [-0.05, 0) is 148 Å². The highest BCUT2D eigenvalue weighted by Gasteiger charge is 2.28. The quantitative estimate of drug-likeness (QED) is 0.0156. The summed E-state index contributed by atoms with van der Waals surface area (Å²) in [5.74, 6) is -2.33. The number of nitrogens with zero attached hydrogens (tertiary/aromatic N) is 9. The largest absolute Gasteiger partial charge is 0.466 e. The van der Waals surface area contributed by atoms with Crippen LogP contribution in [0.5, 0.6) is 0 Å². The Bertz CT molecular complexity index is 4820. The Kier molecular flexibility index (Phi) is 30.9. The van der Waals surface area contributed by atoms with Gasteiger partial charge in [-0.2, -0.15) is 13.2 Å². The number of nitro groups is 2. The predicted octanol–water partition coefficient (Wildman–Crippen LogP) is 15.8. The number of benzene rings is 8. The van der Waals surface area contributed by atoms with E-state index in [1.807, 2.05) is 56.3 Å². The number of hydrogen-bond acceptors (Lipinski definition) is 21.